The van der Waals surface area contributed by atoms with E-state index in [1.54, 1.807) is 0 Å². The molecule has 2 heterocycles. The van der Waals surface area contributed by atoms with Crippen molar-refractivity contribution in [1.82, 2.24) is 14.8 Å². The van der Waals surface area contributed by atoms with Crippen LogP contribution < -0.4 is 0 Å². The summed E-state index contributed by atoms with van der Waals surface area (Å²) in [5.41, 5.74) is 4.10. The van der Waals surface area contributed by atoms with Gasteiger partial charge >= 0.3 is 0 Å². The molecule has 24 heavy (non-hydrogen) atoms. The summed E-state index contributed by atoms with van der Waals surface area (Å²) in [6, 6.07) is 7.10. The molecule has 128 valence electrons. The number of nitrogens with one attached hydrogen (secondary N) is 1. The molecule has 4 heteroatoms. The van der Waals surface area contributed by atoms with E-state index >= 15 is 0 Å². The summed E-state index contributed by atoms with van der Waals surface area (Å²) in [4.78, 5) is 20.7. The first-order valence-electron chi connectivity index (χ1n) is 9.21. The van der Waals surface area contributed by atoms with Crippen molar-refractivity contribution in [1.29, 1.82) is 0 Å². The summed E-state index contributed by atoms with van der Waals surface area (Å²) in [6.07, 6.45) is 4.24. The number of aromatic amines is 1. The van der Waals surface area contributed by atoms with Crippen molar-refractivity contribution in [2.24, 2.45) is 5.92 Å². The molecular weight excluding hydrogens is 298 g/mol. The Morgan fingerprint density at radius 2 is 2.12 bits per heavy atom. The van der Waals surface area contributed by atoms with Crippen LogP contribution in [0.15, 0.2) is 24.4 Å². The Kier molecular flexibility index (Phi) is 3.87. The van der Waals surface area contributed by atoms with Crippen molar-refractivity contribution in [2.75, 3.05) is 26.7 Å². The molecule has 1 unspecified atom stereocenters. The molecule has 2 aliphatic rings. The zero-order valence-electron chi connectivity index (χ0n) is 14.9. The molecule has 1 aromatic carbocycles. The predicted octanol–water partition coefficient (Wildman–Crippen LogP) is 3.00. The predicted molar refractivity (Wildman–Crippen MR) is 97.2 cm³/mol. The fourth-order valence-corrected chi connectivity index (χ4v) is 4.91. The number of rotatable bonds is 3. The third kappa shape index (κ3) is 2.27. The standard InChI is InChI=1S/C20H27N3O/c1-4-23(5-2)20(24)14-9-16-15-7-6-8-17-19(15)13(11-21-17)10-18(16)22(3)12-14/h6-8,11,14,16,18,21H,4-5,9-10,12H2,1-3H3/t14?,16-,18-/m1/s1. The molecule has 1 amide bonds. The molecule has 1 aromatic heterocycles. The first-order chi connectivity index (χ1) is 11.6. The number of hydrogen-bond donors (Lipinski definition) is 1. The molecule has 0 bridgehead atoms. The van der Waals surface area contributed by atoms with E-state index in [2.05, 4.69) is 55.2 Å². The first-order valence-corrected chi connectivity index (χ1v) is 9.21. The van der Waals surface area contributed by atoms with Crippen molar-refractivity contribution in [3.63, 3.8) is 0 Å². The zero-order valence-corrected chi connectivity index (χ0v) is 14.9. The summed E-state index contributed by atoms with van der Waals surface area (Å²) in [5, 5.41) is 1.41. The van der Waals surface area contributed by atoms with Crippen LogP contribution in [0.4, 0.5) is 0 Å². The Morgan fingerprint density at radius 1 is 1.33 bits per heavy atom. The maximum absolute atomic E-state index is 12.9. The highest BCUT2D eigenvalue weighted by atomic mass is 16.2. The average Bonchev–Trinajstić information content (AvgIpc) is 3.01. The van der Waals surface area contributed by atoms with Crippen LogP contribution in [0.5, 0.6) is 0 Å². The maximum Gasteiger partial charge on any atom is 0.226 e. The van der Waals surface area contributed by atoms with Crippen LogP contribution in [0.1, 0.15) is 37.3 Å². The second-order valence-corrected chi connectivity index (χ2v) is 7.34. The highest BCUT2D eigenvalue weighted by Gasteiger charge is 2.41. The zero-order chi connectivity index (χ0) is 16.8. The Bertz CT molecular complexity index is 761. The summed E-state index contributed by atoms with van der Waals surface area (Å²) < 4.78 is 0. The van der Waals surface area contributed by atoms with E-state index in [-0.39, 0.29) is 5.92 Å². The maximum atomic E-state index is 12.9. The van der Waals surface area contributed by atoms with Crippen molar-refractivity contribution in [3.05, 3.63) is 35.5 Å². The number of carbonyl (C=O) groups is 1. The van der Waals surface area contributed by atoms with E-state index in [1.807, 2.05) is 4.90 Å². The summed E-state index contributed by atoms with van der Waals surface area (Å²) in [7, 11) is 2.19. The Hall–Kier alpha value is -1.81. The number of aromatic nitrogens is 1. The van der Waals surface area contributed by atoms with Gasteiger partial charge in [0, 0.05) is 48.7 Å². The fourth-order valence-electron chi connectivity index (χ4n) is 4.91. The van der Waals surface area contributed by atoms with Crippen LogP contribution >= 0.6 is 0 Å². The minimum absolute atomic E-state index is 0.117. The van der Waals surface area contributed by atoms with Gasteiger partial charge in [-0.2, -0.15) is 0 Å². The van der Waals surface area contributed by atoms with Gasteiger partial charge in [0.05, 0.1) is 5.92 Å². The van der Waals surface area contributed by atoms with Crippen molar-refractivity contribution >= 4 is 16.8 Å². The molecule has 4 rings (SSSR count). The molecule has 3 atom stereocenters. The van der Waals surface area contributed by atoms with Crippen molar-refractivity contribution in [3.8, 4) is 0 Å². The van der Waals surface area contributed by atoms with E-state index in [0.29, 0.717) is 17.9 Å². The molecule has 0 radical (unpaired) electrons. The highest BCUT2D eigenvalue weighted by Crippen LogP contribution is 2.44. The molecule has 0 saturated carbocycles. The molecule has 1 N–H and O–H groups in total. The summed E-state index contributed by atoms with van der Waals surface area (Å²) >= 11 is 0. The number of fused-ring (bicyclic) bond motifs is 2. The Labute approximate surface area is 143 Å². The Morgan fingerprint density at radius 3 is 2.88 bits per heavy atom. The van der Waals surface area contributed by atoms with E-state index in [9.17, 15) is 4.79 Å². The van der Waals surface area contributed by atoms with Gasteiger partial charge in [-0.3, -0.25) is 4.79 Å². The molecule has 1 aliphatic carbocycles. The average molecular weight is 325 g/mol. The van der Waals surface area contributed by atoms with Gasteiger partial charge in [-0.05, 0) is 50.9 Å². The number of benzene rings is 1. The molecular formula is C20H27N3O. The second kappa shape index (κ2) is 5.92. The van der Waals surface area contributed by atoms with Gasteiger partial charge in [0.1, 0.15) is 0 Å². The van der Waals surface area contributed by atoms with E-state index in [1.165, 1.54) is 22.0 Å². The van der Waals surface area contributed by atoms with Crippen LogP contribution in [-0.2, 0) is 11.2 Å². The van der Waals surface area contributed by atoms with Gasteiger partial charge in [-0.25, -0.2) is 0 Å². The number of nitrogens with zero attached hydrogens (tertiary/aromatic N) is 2. The molecule has 4 nitrogen and oxygen atoms in total. The lowest BCUT2D eigenvalue weighted by Gasteiger charge is -2.45. The van der Waals surface area contributed by atoms with Gasteiger partial charge in [0.15, 0.2) is 0 Å². The third-order valence-electron chi connectivity index (χ3n) is 6.15. The summed E-state index contributed by atoms with van der Waals surface area (Å²) in [6.45, 7) is 6.64. The van der Waals surface area contributed by atoms with E-state index in [0.717, 1.165) is 32.5 Å². The van der Waals surface area contributed by atoms with Crippen molar-refractivity contribution < 1.29 is 4.79 Å². The van der Waals surface area contributed by atoms with Gasteiger partial charge in [-0.15, -0.1) is 0 Å². The number of piperidine rings is 1. The Balaban J connectivity index is 1.70. The van der Waals surface area contributed by atoms with Gasteiger partial charge in [-0.1, -0.05) is 12.1 Å². The summed E-state index contributed by atoms with van der Waals surface area (Å²) in [5.74, 6) is 0.907. The van der Waals surface area contributed by atoms with E-state index < -0.39 is 0 Å². The number of hydrogen-bond acceptors (Lipinski definition) is 2. The second-order valence-electron chi connectivity index (χ2n) is 7.34. The monoisotopic (exact) mass is 325 g/mol. The van der Waals surface area contributed by atoms with Crippen LogP contribution in [0, 0.1) is 5.92 Å². The third-order valence-corrected chi connectivity index (χ3v) is 6.15. The largest absolute Gasteiger partial charge is 0.361 e. The minimum Gasteiger partial charge on any atom is -0.361 e. The van der Waals surface area contributed by atoms with Crippen LogP contribution in [0.2, 0.25) is 0 Å². The van der Waals surface area contributed by atoms with Crippen LogP contribution in [0.25, 0.3) is 10.9 Å². The normalized spacial score (nSPS) is 26.4. The lowest BCUT2D eigenvalue weighted by atomic mass is 9.72. The molecule has 1 fully saturated rings. The topological polar surface area (TPSA) is 39.3 Å². The van der Waals surface area contributed by atoms with E-state index in [4.69, 9.17) is 0 Å². The number of carbonyl (C=O) groups excluding carboxylic acids is 1. The number of H-pyrrole nitrogens is 1. The van der Waals surface area contributed by atoms with Gasteiger partial charge in [0.25, 0.3) is 0 Å². The lowest BCUT2D eigenvalue weighted by Crippen LogP contribution is -2.52. The van der Waals surface area contributed by atoms with Gasteiger partial charge in [0.2, 0.25) is 5.91 Å². The van der Waals surface area contributed by atoms with Crippen LogP contribution in [-0.4, -0.2) is 53.4 Å². The van der Waals surface area contributed by atoms with Gasteiger partial charge < -0.3 is 14.8 Å². The van der Waals surface area contributed by atoms with Crippen molar-refractivity contribution in [2.45, 2.75) is 38.6 Å². The SMILES string of the molecule is CCN(CC)C(=O)C1C[C@@H]2c3cccc4[nH]cc(c34)C[C@H]2N(C)C1. The van der Waals surface area contributed by atoms with Crippen LogP contribution in [0.3, 0.4) is 0 Å². The lowest BCUT2D eigenvalue weighted by molar-refractivity contribution is -0.137. The highest BCUT2D eigenvalue weighted by molar-refractivity contribution is 5.88. The first kappa shape index (κ1) is 15.7. The molecule has 1 aliphatic heterocycles. The quantitative estimate of drug-likeness (QED) is 0.942. The fraction of sp³-hybridized carbons (Fsp3) is 0.550. The molecule has 1 saturated heterocycles. The smallest absolute Gasteiger partial charge is 0.226 e. The number of likely N-dealkylation sites (N-methyl/N-ethyl adjacent to an activating group) is 1. The number of amides is 1. The molecule has 0 spiro atoms. The minimum atomic E-state index is 0.117. The molecule has 2 aromatic rings. The number of likely N-dealkylation sites (tertiary alicyclic amines) is 1.